The third-order valence-electron chi connectivity index (χ3n) is 5.42. The Bertz CT molecular complexity index is 818. The quantitative estimate of drug-likeness (QED) is 0.711. The lowest BCUT2D eigenvalue weighted by Crippen LogP contribution is -2.37. The highest BCUT2D eigenvalue weighted by Gasteiger charge is 2.24. The van der Waals surface area contributed by atoms with Crippen molar-refractivity contribution < 1.29 is 9.84 Å². The summed E-state index contributed by atoms with van der Waals surface area (Å²) in [6.45, 7) is 6.52. The van der Waals surface area contributed by atoms with Crippen LogP contribution in [-0.4, -0.2) is 70.4 Å². The third kappa shape index (κ3) is 4.62. The molecule has 0 bridgehead atoms. The maximum Gasteiger partial charge on any atom is 0.146 e. The summed E-state index contributed by atoms with van der Waals surface area (Å²) in [5.74, 6) is 2.45. The average molecular weight is 423 g/mol. The van der Waals surface area contributed by atoms with E-state index < -0.39 is 5.60 Å². The van der Waals surface area contributed by atoms with Crippen molar-refractivity contribution >= 4 is 39.1 Å². The number of aromatic nitrogens is 2. The second-order valence-corrected chi connectivity index (χ2v) is 10.0. The minimum Gasteiger partial charge on any atom is -0.387 e. The molecule has 28 heavy (non-hydrogen) atoms. The lowest BCUT2D eigenvalue weighted by molar-refractivity contribution is 0.0331. The number of ether oxygens (including phenoxy) is 1. The van der Waals surface area contributed by atoms with Gasteiger partial charge in [0.05, 0.1) is 30.7 Å². The Morgan fingerprint density at radius 1 is 1.25 bits per heavy atom. The second kappa shape index (κ2) is 8.83. The summed E-state index contributed by atoms with van der Waals surface area (Å²) in [5.41, 5.74) is 0.660. The molecule has 154 valence electrons. The van der Waals surface area contributed by atoms with Gasteiger partial charge in [0, 0.05) is 30.3 Å². The van der Waals surface area contributed by atoms with Crippen molar-refractivity contribution in [2.75, 3.05) is 50.2 Å². The van der Waals surface area contributed by atoms with E-state index in [0.717, 1.165) is 62.2 Å². The number of nitrogens with zero attached hydrogens (tertiary/aromatic N) is 3. The van der Waals surface area contributed by atoms with Crippen molar-refractivity contribution in [2.45, 2.75) is 44.8 Å². The summed E-state index contributed by atoms with van der Waals surface area (Å²) in [6, 6.07) is 0. The van der Waals surface area contributed by atoms with Crippen LogP contribution in [0.25, 0.3) is 10.2 Å². The summed E-state index contributed by atoms with van der Waals surface area (Å²) in [6.07, 6.45) is 6.78. The summed E-state index contributed by atoms with van der Waals surface area (Å²) >= 11 is 3.49. The number of aryl methyl sites for hydroxylation is 2. The first-order valence-corrected chi connectivity index (χ1v) is 12.3. The number of thiophene rings is 1. The first-order chi connectivity index (χ1) is 13.6. The number of thioether (sulfide) groups is 1. The van der Waals surface area contributed by atoms with Crippen molar-refractivity contribution in [3.05, 3.63) is 16.3 Å². The number of anilines is 1. The third-order valence-corrected chi connectivity index (χ3v) is 7.52. The van der Waals surface area contributed by atoms with Gasteiger partial charge in [-0.2, -0.15) is 11.8 Å². The van der Waals surface area contributed by atoms with Crippen LogP contribution in [0.2, 0.25) is 0 Å². The normalized spacial score (nSPS) is 20.1. The Labute approximate surface area is 175 Å². The van der Waals surface area contributed by atoms with Crippen LogP contribution in [0.15, 0.2) is 0 Å². The number of morpholine rings is 1. The first-order valence-electron chi connectivity index (χ1n) is 10.1. The lowest BCUT2D eigenvalue weighted by Gasteiger charge is -2.26. The Morgan fingerprint density at radius 3 is 2.82 bits per heavy atom. The molecule has 1 saturated heterocycles. The van der Waals surface area contributed by atoms with Crippen LogP contribution in [-0.2, 0) is 24.1 Å². The van der Waals surface area contributed by atoms with E-state index in [0.29, 0.717) is 12.3 Å². The van der Waals surface area contributed by atoms with Crippen LogP contribution in [0.5, 0.6) is 0 Å². The molecule has 4 rings (SSSR count). The van der Waals surface area contributed by atoms with Crippen LogP contribution >= 0.6 is 23.1 Å². The Hall–Kier alpha value is -0.930. The molecule has 8 heteroatoms. The Balaban J connectivity index is 1.65. The van der Waals surface area contributed by atoms with E-state index in [2.05, 4.69) is 10.2 Å². The van der Waals surface area contributed by atoms with Gasteiger partial charge >= 0.3 is 0 Å². The summed E-state index contributed by atoms with van der Waals surface area (Å²) in [7, 11) is 0. The smallest absolute Gasteiger partial charge is 0.146 e. The number of hydrogen-bond donors (Lipinski definition) is 2. The fourth-order valence-electron chi connectivity index (χ4n) is 4.00. The van der Waals surface area contributed by atoms with Gasteiger partial charge < -0.3 is 15.2 Å². The number of fused-ring (bicyclic) bond motifs is 3. The Morgan fingerprint density at radius 2 is 2.04 bits per heavy atom. The molecule has 1 aliphatic heterocycles. The fraction of sp³-hybridized carbons (Fsp3) is 0.700. The number of hydrogen-bond acceptors (Lipinski definition) is 8. The molecular weight excluding hydrogens is 392 g/mol. The molecule has 0 amide bonds. The van der Waals surface area contributed by atoms with Crippen LogP contribution in [0.4, 0.5) is 5.82 Å². The molecule has 2 aliphatic rings. The molecular formula is C20H30N4O2S2. The van der Waals surface area contributed by atoms with Gasteiger partial charge in [0.15, 0.2) is 0 Å². The Kier molecular flexibility index (Phi) is 6.42. The monoisotopic (exact) mass is 422 g/mol. The minimum atomic E-state index is -0.767. The van der Waals surface area contributed by atoms with Gasteiger partial charge in [0.2, 0.25) is 0 Å². The van der Waals surface area contributed by atoms with Gasteiger partial charge in [0.25, 0.3) is 0 Å². The highest BCUT2D eigenvalue weighted by Crippen LogP contribution is 2.38. The molecule has 1 fully saturated rings. The minimum absolute atomic E-state index is 0.488. The van der Waals surface area contributed by atoms with Gasteiger partial charge in [-0.3, -0.25) is 4.90 Å². The van der Waals surface area contributed by atoms with Gasteiger partial charge in [-0.15, -0.1) is 11.3 Å². The molecule has 0 aromatic carbocycles. The van der Waals surface area contributed by atoms with Crippen LogP contribution in [0.3, 0.4) is 0 Å². The fourth-order valence-corrected chi connectivity index (χ4v) is 6.00. The zero-order chi connectivity index (χ0) is 19.6. The van der Waals surface area contributed by atoms with Crippen molar-refractivity contribution in [3.8, 4) is 0 Å². The van der Waals surface area contributed by atoms with E-state index in [1.807, 2.05) is 24.5 Å². The lowest BCUT2D eigenvalue weighted by atomic mass is 9.97. The number of nitrogens with one attached hydrogen (secondary N) is 1. The van der Waals surface area contributed by atoms with E-state index in [1.165, 1.54) is 28.7 Å². The predicted octanol–water partition coefficient (Wildman–Crippen LogP) is 2.93. The zero-order valence-electron chi connectivity index (χ0n) is 16.8. The maximum atomic E-state index is 10.6. The average Bonchev–Trinajstić information content (AvgIpc) is 3.05. The van der Waals surface area contributed by atoms with Crippen molar-refractivity contribution in [2.24, 2.45) is 0 Å². The standard InChI is InChI=1S/C20H30N4O2S2/c1-20(25,13-27-2)12-21-18-17-14-5-3-4-6-15(14)28-19(17)23-16(22-18)11-24-7-9-26-10-8-24/h25H,3-13H2,1-2H3,(H,21,22,23). The predicted molar refractivity (Wildman–Crippen MR) is 118 cm³/mol. The number of rotatable bonds is 7. The van der Waals surface area contributed by atoms with Gasteiger partial charge in [0.1, 0.15) is 16.5 Å². The number of aliphatic hydroxyl groups is 1. The molecule has 2 N–H and O–H groups in total. The van der Waals surface area contributed by atoms with E-state index in [9.17, 15) is 5.11 Å². The van der Waals surface area contributed by atoms with E-state index in [-0.39, 0.29) is 0 Å². The van der Waals surface area contributed by atoms with Gasteiger partial charge in [-0.25, -0.2) is 9.97 Å². The molecule has 6 nitrogen and oxygen atoms in total. The van der Waals surface area contributed by atoms with Gasteiger partial charge in [-0.05, 0) is 44.4 Å². The highest BCUT2D eigenvalue weighted by molar-refractivity contribution is 7.98. The van der Waals surface area contributed by atoms with E-state index >= 15 is 0 Å². The molecule has 0 saturated carbocycles. The molecule has 2 aromatic rings. The van der Waals surface area contributed by atoms with E-state index in [4.69, 9.17) is 14.7 Å². The van der Waals surface area contributed by atoms with Crippen molar-refractivity contribution in [3.63, 3.8) is 0 Å². The van der Waals surface area contributed by atoms with Crippen molar-refractivity contribution in [1.82, 2.24) is 14.9 Å². The molecule has 0 spiro atoms. The molecule has 1 unspecified atom stereocenters. The first kappa shape index (κ1) is 20.3. The zero-order valence-corrected chi connectivity index (χ0v) is 18.4. The SMILES string of the molecule is CSCC(C)(O)CNc1nc(CN2CCOCC2)nc2sc3c(c12)CCCC3. The van der Waals surface area contributed by atoms with Crippen molar-refractivity contribution in [1.29, 1.82) is 0 Å². The largest absolute Gasteiger partial charge is 0.387 e. The van der Waals surface area contributed by atoms with E-state index in [1.54, 1.807) is 11.8 Å². The highest BCUT2D eigenvalue weighted by atomic mass is 32.2. The topological polar surface area (TPSA) is 70.5 Å². The molecule has 1 aliphatic carbocycles. The maximum absolute atomic E-state index is 10.6. The molecule has 2 aromatic heterocycles. The molecule has 3 heterocycles. The molecule has 1 atom stereocenters. The summed E-state index contributed by atoms with van der Waals surface area (Å²) < 4.78 is 5.46. The van der Waals surface area contributed by atoms with Gasteiger partial charge in [-0.1, -0.05) is 0 Å². The van der Waals surface area contributed by atoms with Crippen LogP contribution in [0.1, 0.15) is 36.0 Å². The molecule has 0 radical (unpaired) electrons. The second-order valence-electron chi connectivity index (χ2n) is 8.05. The van der Waals surface area contributed by atoms with Crippen LogP contribution in [0, 0.1) is 0 Å². The summed E-state index contributed by atoms with van der Waals surface area (Å²) in [5, 5.41) is 15.3. The summed E-state index contributed by atoms with van der Waals surface area (Å²) in [4.78, 5) is 14.8. The van der Waals surface area contributed by atoms with Crippen LogP contribution < -0.4 is 5.32 Å².